The van der Waals surface area contributed by atoms with E-state index in [0.29, 0.717) is 23.6 Å². The van der Waals surface area contributed by atoms with Crippen LogP contribution in [0.2, 0.25) is 0 Å². The van der Waals surface area contributed by atoms with E-state index >= 15 is 0 Å². The first-order valence-corrected chi connectivity index (χ1v) is 7.77. The van der Waals surface area contributed by atoms with Crippen molar-refractivity contribution in [1.29, 1.82) is 0 Å². The summed E-state index contributed by atoms with van der Waals surface area (Å²) in [6.07, 6.45) is 2.06. The molecule has 0 aliphatic carbocycles. The summed E-state index contributed by atoms with van der Waals surface area (Å²) < 4.78 is 5.49. The van der Waals surface area contributed by atoms with Gasteiger partial charge in [-0.3, -0.25) is 4.79 Å². The van der Waals surface area contributed by atoms with Gasteiger partial charge in [0.1, 0.15) is 0 Å². The van der Waals surface area contributed by atoms with Gasteiger partial charge in [-0.2, -0.15) is 11.8 Å². The summed E-state index contributed by atoms with van der Waals surface area (Å²) in [4.78, 5) is 12.3. The molecule has 1 saturated heterocycles. The van der Waals surface area contributed by atoms with Crippen molar-refractivity contribution in [2.24, 2.45) is 0 Å². The largest absolute Gasteiger partial charge is 0.491 e. The lowest BCUT2D eigenvalue weighted by atomic mass is 10.1. The first-order chi connectivity index (χ1) is 9.22. The van der Waals surface area contributed by atoms with Crippen LogP contribution in [0.3, 0.4) is 0 Å². The average molecular weight is 280 g/mol. The third-order valence-electron chi connectivity index (χ3n) is 3.14. The number of carbonyl (C=O) groups is 1. The molecule has 1 aliphatic heterocycles. The number of thioether (sulfide) groups is 1. The topological polar surface area (TPSA) is 64.3 Å². The molecular weight excluding hydrogens is 260 g/mol. The molecule has 1 aromatic carbocycles. The van der Waals surface area contributed by atoms with Gasteiger partial charge in [-0.1, -0.05) is 6.07 Å². The number of anilines is 1. The summed E-state index contributed by atoms with van der Waals surface area (Å²) >= 11 is 1.94. The molecule has 1 fully saturated rings. The zero-order valence-electron chi connectivity index (χ0n) is 11.1. The lowest BCUT2D eigenvalue weighted by molar-refractivity contribution is 0.0931. The summed E-state index contributed by atoms with van der Waals surface area (Å²) in [6.45, 7) is 2.38. The number of ether oxygens (including phenoxy) is 1. The molecule has 0 aromatic heterocycles. The van der Waals surface area contributed by atoms with Crippen molar-refractivity contribution < 1.29 is 9.53 Å². The van der Waals surface area contributed by atoms with Crippen LogP contribution in [0.15, 0.2) is 18.2 Å². The van der Waals surface area contributed by atoms with E-state index in [1.165, 1.54) is 0 Å². The second-order valence-corrected chi connectivity index (χ2v) is 5.74. The Hall–Kier alpha value is -1.36. The Kier molecular flexibility index (Phi) is 4.96. The van der Waals surface area contributed by atoms with Crippen molar-refractivity contribution in [2.45, 2.75) is 25.8 Å². The van der Waals surface area contributed by atoms with Gasteiger partial charge in [0.25, 0.3) is 5.91 Å². The third kappa shape index (κ3) is 3.56. The SMILES string of the molecule is CCOc1c(N)cccc1C(=O)NC1CCSCC1. The van der Waals surface area contributed by atoms with Crippen molar-refractivity contribution >= 4 is 23.4 Å². The lowest BCUT2D eigenvalue weighted by Crippen LogP contribution is -2.37. The molecule has 1 heterocycles. The summed E-state index contributed by atoms with van der Waals surface area (Å²) in [5.41, 5.74) is 6.91. The number of hydrogen-bond acceptors (Lipinski definition) is 4. The molecule has 2 rings (SSSR count). The molecule has 0 bridgehead atoms. The Morgan fingerprint density at radius 1 is 1.47 bits per heavy atom. The fourth-order valence-electron chi connectivity index (χ4n) is 2.14. The van der Waals surface area contributed by atoms with Gasteiger partial charge < -0.3 is 15.8 Å². The Bertz CT molecular complexity index is 445. The zero-order chi connectivity index (χ0) is 13.7. The van der Waals surface area contributed by atoms with Gasteiger partial charge in [-0.05, 0) is 43.4 Å². The van der Waals surface area contributed by atoms with Crippen LogP contribution in [0.4, 0.5) is 5.69 Å². The second kappa shape index (κ2) is 6.70. The molecule has 1 aromatic rings. The number of para-hydroxylation sites is 1. The Balaban J connectivity index is 2.11. The number of nitrogens with one attached hydrogen (secondary N) is 1. The Morgan fingerprint density at radius 2 is 2.21 bits per heavy atom. The molecule has 4 nitrogen and oxygen atoms in total. The number of amides is 1. The number of hydrogen-bond donors (Lipinski definition) is 2. The molecule has 1 amide bonds. The molecule has 0 saturated carbocycles. The van der Waals surface area contributed by atoms with Crippen LogP contribution in [-0.2, 0) is 0 Å². The van der Waals surface area contributed by atoms with Gasteiger partial charge in [0.05, 0.1) is 17.9 Å². The molecular formula is C14H20N2O2S. The zero-order valence-corrected chi connectivity index (χ0v) is 12.0. The summed E-state index contributed by atoms with van der Waals surface area (Å²) in [5, 5.41) is 3.07. The quantitative estimate of drug-likeness (QED) is 0.831. The maximum atomic E-state index is 12.3. The van der Waals surface area contributed by atoms with E-state index in [2.05, 4.69) is 5.32 Å². The van der Waals surface area contributed by atoms with Crippen LogP contribution in [0, 0.1) is 0 Å². The van der Waals surface area contributed by atoms with Crippen molar-refractivity contribution in [3.63, 3.8) is 0 Å². The average Bonchev–Trinajstić information content (AvgIpc) is 2.42. The minimum atomic E-state index is -0.0901. The van der Waals surface area contributed by atoms with Crippen LogP contribution < -0.4 is 15.8 Å². The fraction of sp³-hybridized carbons (Fsp3) is 0.500. The third-order valence-corrected chi connectivity index (χ3v) is 4.18. The standard InChI is InChI=1S/C14H20N2O2S/c1-2-18-13-11(4-3-5-12(13)15)14(17)16-10-6-8-19-9-7-10/h3-5,10H,2,6-9,15H2,1H3,(H,16,17). The first kappa shape index (κ1) is 14.1. The number of nitrogen functional groups attached to an aromatic ring is 1. The van der Waals surface area contributed by atoms with Gasteiger partial charge in [0, 0.05) is 6.04 Å². The first-order valence-electron chi connectivity index (χ1n) is 6.62. The van der Waals surface area contributed by atoms with Crippen LogP contribution in [0.25, 0.3) is 0 Å². The van der Waals surface area contributed by atoms with Crippen LogP contribution >= 0.6 is 11.8 Å². The molecule has 0 spiro atoms. The monoisotopic (exact) mass is 280 g/mol. The molecule has 1 aliphatic rings. The molecule has 19 heavy (non-hydrogen) atoms. The summed E-state index contributed by atoms with van der Waals surface area (Å²) in [6, 6.07) is 5.56. The minimum Gasteiger partial charge on any atom is -0.491 e. The van der Waals surface area contributed by atoms with Crippen molar-refractivity contribution in [3.8, 4) is 5.75 Å². The van der Waals surface area contributed by atoms with Crippen molar-refractivity contribution in [3.05, 3.63) is 23.8 Å². The van der Waals surface area contributed by atoms with E-state index in [9.17, 15) is 4.79 Å². The van der Waals surface area contributed by atoms with E-state index < -0.39 is 0 Å². The predicted octanol–water partition coefficient (Wildman–Crippen LogP) is 2.29. The fourth-order valence-corrected chi connectivity index (χ4v) is 3.25. The van der Waals surface area contributed by atoms with Gasteiger partial charge in [-0.25, -0.2) is 0 Å². The number of nitrogens with two attached hydrogens (primary N) is 1. The molecule has 3 N–H and O–H groups in total. The second-order valence-electron chi connectivity index (χ2n) is 4.52. The highest BCUT2D eigenvalue weighted by Gasteiger charge is 2.20. The summed E-state index contributed by atoms with van der Waals surface area (Å²) in [7, 11) is 0. The van der Waals surface area contributed by atoms with Crippen LogP contribution in [0.5, 0.6) is 5.75 Å². The Morgan fingerprint density at radius 3 is 2.89 bits per heavy atom. The van der Waals surface area contributed by atoms with E-state index in [1.54, 1.807) is 18.2 Å². The smallest absolute Gasteiger partial charge is 0.255 e. The lowest BCUT2D eigenvalue weighted by Gasteiger charge is -2.23. The molecule has 0 radical (unpaired) electrons. The van der Waals surface area contributed by atoms with E-state index in [-0.39, 0.29) is 11.9 Å². The molecule has 0 atom stereocenters. The van der Waals surface area contributed by atoms with E-state index in [0.717, 1.165) is 24.3 Å². The van der Waals surface area contributed by atoms with E-state index in [1.807, 2.05) is 18.7 Å². The van der Waals surface area contributed by atoms with Gasteiger partial charge in [0.15, 0.2) is 5.75 Å². The normalized spacial score (nSPS) is 16.1. The van der Waals surface area contributed by atoms with Crippen molar-refractivity contribution in [2.75, 3.05) is 23.8 Å². The highest BCUT2D eigenvalue weighted by molar-refractivity contribution is 7.99. The number of rotatable bonds is 4. The van der Waals surface area contributed by atoms with Crippen molar-refractivity contribution in [1.82, 2.24) is 5.32 Å². The molecule has 104 valence electrons. The molecule has 5 heteroatoms. The van der Waals surface area contributed by atoms with Crippen LogP contribution in [-0.4, -0.2) is 30.1 Å². The van der Waals surface area contributed by atoms with Gasteiger partial charge >= 0.3 is 0 Å². The summed E-state index contributed by atoms with van der Waals surface area (Å²) in [5.74, 6) is 2.63. The minimum absolute atomic E-state index is 0.0901. The molecule has 0 unspecified atom stereocenters. The number of benzene rings is 1. The van der Waals surface area contributed by atoms with E-state index in [4.69, 9.17) is 10.5 Å². The van der Waals surface area contributed by atoms with Gasteiger partial charge in [-0.15, -0.1) is 0 Å². The number of carbonyl (C=O) groups excluding carboxylic acids is 1. The van der Waals surface area contributed by atoms with Gasteiger partial charge in [0.2, 0.25) is 0 Å². The van der Waals surface area contributed by atoms with Crippen LogP contribution in [0.1, 0.15) is 30.1 Å². The Labute approximate surface area is 118 Å². The maximum Gasteiger partial charge on any atom is 0.255 e. The highest BCUT2D eigenvalue weighted by atomic mass is 32.2. The predicted molar refractivity (Wildman–Crippen MR) is 79.8 cm³/mol. The maximum absolute atomic E-state index is 12.3. The highest BCUT2D eigenvalue weighted by Crippen LogP contribution is 2.27.